The molecule has 0 bridgehead atoms. The van der Waals surface area contributed by atoms with Crippen LogP contribution in [0.25, 0.3) is 5.69 Å². The topological polar surface area (TPSA) is 109 Å². The van der Waals surface area contributed by atoms with Crippen LogP contribution in [0.3, 0.4) is 0 Å². The quantitative estimate of drug-likeness (QED) is 0.314. The molecule has 1 aromatic heterocycles. The summed E-state index contributed by atoms with van der Waals surface area (Å²) in [5.41, 5.74) is -1.15. The van der Waals surface area contributed by atoms with Gasteiger partial charge in [0.25, 0.3) is 11.8 Å². The van der Waals surface area contributed by atoms with E-state index in [-0.39, 0.29) is 38.6 Å². The van der Waals surface area contributed by atoms with E-state index in [0.29, 0.717) is 4.47 Å². The van der Waals surface area contributed by atoms with Crippen LogP contribution in [-0.2, 0) is 0 Å². The molecule has 1 unspecified atom stereocenters. The average molecular weight is 613 g/mol. The lowest BCUT2D eigenvalue weighted by molar-refractivity contribution is -0.0530. The van der Waals surface area contributed by atoms with Crippen molar-refractivity contribution in [3.05, 3.63) is 68.2 Å². The Labute approximate surface area is 228 Å². The molecule has 2 amide bonds. The number of amides is 2. The minimum atomic E-state index is -3.18. The molecule has 1 saturated carbocycles. The zero-order valence-corrected chi connectivity index (χ0v) is 22.2. The standard InChI is InChI=1S/C24H18BrCl2F2N5O3/c1-24(11-30,12-6-7-12)32-21(35)14-8-13(25)9-16(27)20(14)31-22(36)18-10-19(37-23(28)29)33-34(18)17-5-3-2-4-15(17)26/h2-5,8-10,12,23H,6-7H2,1H3,(H,31,36)(H,32,35). The molecule has 1 heterocycles. The molecule has 1 aliphatic carbocycles. The summed E-state index contributed by atoms with van der Waals surface area (Å²) in [4.78, 5) is 26.6. The van der Waals surface area contributed by atoms with Gasteiger partial charge in [0.1, 0.15) is 11.2 Å². The van der Waals surface area contributed by atoms with Crippen molar-refractivity contribution in [3.8, 4) is 17.6 Å². The molecular weight excluding hydrogens is 595 g/mol. The van der Waals surface area contributed by atoms with Crippen molar-refractivity contribution in [1.29, 1.82) is 5.26 Å². The fourth-order valence-corrected chi connectivity index (χ4v) is 4.79. The second kappa shape index (κ2) is 10.7. The van der Waals surface area contributed by atoms with Crippen LogP contribution in [0, 0.1) is 17.2 Å². The van der Waals surface area contributed by atoms with Gasteiger partial charge >= 0.3 is 6.61 Å². The zero-order valence-electron chi connectivity index (χ0n) is 19.1. The summed E-state index contributed by atoms with van der Waals surface area (Å²) in [6.45, 7) is -1.55. The van der Waals surface area contributed by atoms with Gasteiger partial charge in [-0.1, -0.05) is 51.3 Å². The van der Waals surface area contributed by atoms with E-state index >= 15 is 0 Å². The maximum Gasteiger partial charge on any atom is 0.388 e. The number of hydrogen-bond acceptors (Lipinski definition) is 5. The largest absolute Gasteiger partial charge is 0.415 e. The number of halogens is 5. The van der Waals surface area contributed by atoms with Gasteiger partial charge in [0, 0.05) is 10.5 Å². The lowest BCUT2D eigenvalue weighted by atomic mass is 9.97. The molecule has 1 atom stereocenters. The number of alkyl halides is 2. The first-order valence-electron chi connectivity index (χ1n) is 10.9. The first-order valence-corrected chi connectivity index (χ1v) is 12.4. The number of benzene rings is 2. The normalized spacial score (nSPS) is 14.5. The maximum atomic E-state index is 13.4. The summed E-state index contributed by atoms with van der Waals surface area (Å²) in [6, 6.07) is 12.4. The predicted molar refractivity (Wildman–Crippen MR) is 137 cm³/mol. The Bertz CT molecular complexity index is 1420. The van der Waals surface area contributed by atoms with Crippen LogP contribution in [-0.4, -0.2) is 33.7 Å². The fraction of sp³-hybridized carbons (Fsp3) is 0.250. The number of nitriles is 1. The fourth-order valence-electron chi connectivity index (χ4n) is 3.72. The van der Waals surface area contributed by atoms with E-state index in [0.717, 1.165) is 23.6 Å². The first-order chi connectivity index (χ1) is 17.5. The molecule has 192 valence electrons. The van der Waals surface area contributed by atoms with Crippen molar-refractivity contribution in [2.24, 2.45) is 5.92 Å². The predicted octanol–water partition coefficient (Wildman–Crippen LogP) is 6.22. The van der Waals surface area contributed by atoms with Crippen molar-refractivity contribution in [3.63, 3.8) is 0 Å². The van der Waals surface area contributed by atoms with Gasteiger partial charge in [0.05, 0.1) is 33.1 Å². The number of hydrogen-bond donors (Lipinski definition) is 2. The second-order valence-corrected chi connectivity index (χ2v) is 10.1. The average Bonchev–Trinajstić information content (AvgIpc) is 3.62. The Morgan fingerprint density at radius 1 is 1.22 bits per heavy atom. The van der Waals surface area contributed by atoms with E-state index in [2.05, 4.69) is 42.5 Å². The number of para-hydroxylation sites is 1. The summed E-state index contributed by atoms with van der Waals surface area (Å²) >= 11 is 15.9. The lowest BCUT2D eigenvalue weighted by Crippen LogP contribution is -2.46. The molecule has 0 radical (unpaired) electrons. The number of carbonyl (C=O) groups is 2. The third-order valence-corrected chi connectivity index (χ3v) is 6.82. The Hall–Kier alpha value is -3.20. The highest BCUT2D eigenvalue weighted by Crippen LogP contribution is 2.40. The van der Waals surface area contributed by atoms with Gasteiger partial charge < -0.3 is 15.4 Å². The number of rotatable bonds is 8. The summed E-state index contributed by atoms with van der Waals surface area (Å²) in [6.07, 6.45) is 1.62. The monoisotopic (exact) mass is 611 g/mol. The van der Waals surface area contributed by atoms with Gasteiger partial charge in [0.2, 0.25) is 5.88 Å². The van der Waals surface area contributed by atoms with Crippen LogP contribution in [0.15, 0.2) is 46.9 Å². The molecule has 8 nitrogen and oxygen atoms in total. The van der Waals surface area contributed by atoms with E-state index < -0.39 is 29.8 Å². The van der Waals surface area contributed by atoms with Gasteiger partial charge in [-0.3, -0.25) is 9.59 Å². The van der Waals surface area contributed by atoms with Crippen molar-refractivity contribution in [1.82, 2.24) is 15.1 Å². The van der Waals surface area contributed by atoms with Crippen LogP contribution >= 0.6 is 39.1 Å². The molecule has 13 heteroatoms. The minimum absolute atomic E-state index is 0.0114. The van der Waals surface area contributed by atoms with Gasteiger partial charge in [-0.25, -0.2) is 4.68 Å². The molecule has 0 saturated heterocycles. The molecular formula is C24H18BrCl2F2N5O3. The molecule has 2 aromatic carbocycles. The van der Waals surface area contributed by atoms with Crippen LogP contribution in [0.2, 0.25) is 10.0 Å². The van der Waals surface area contributed by atoms with Crippen molar-refractivity contribution >= 4 is 56.6 Å². The lowest BCUT2D eigenvalue weighted by Gasteiger charge is -2.24. The minimum Gasteiger partial charge on any atom is -0.415 e. The highest BCUT2D eigenvalue weighted by molar-refractivity contribution is 9.10. The number of anilines is 1. The van der Waals surface area contributed by atoms with Crippen molar-refractivity contribution in [2.75, 3.05) is 5.32 Å². The Kier molecular flexibility index (Phi) is 7.73. The molecule has 37 heavy (non-hydrogen) atoms. The molecule has 2 N–H and O–H groups in total. The van der Waals surface area contributed by atoms with Crippen LogP contribution < -0.4 is 15.4 Å². The third kappa shape index (κ3) is 5.87. The van der Waals surface area contributed by atoms with E-state index in [4.69, 9.17) is 23.2 Å². The smallest absolute Gasteiger partial charge is 0.388 e. The molecule has 3 aromatic rings. The van der Waals surface area contributed by atoms with Crippen molar-refractivity contribution in [2.45, 2.75) is 31.9 Å². The van der Waals surface area contributed by atoms with E-state index in [1.807, 2.05) is 0 Å². The van der Waals surface area contributed by atoms with Gasteiger partial charge in [-0.2, -0.15) is 14.0 Å². The molecule has 0 aliphatic heterocycles. The van der Waals surface area contributed by atoms with Gasteiger partial charge in [0.15, 0.2) is 0 Å². The van der Waals surface area contributed by atoms with Crippen LogP contribution in [0.4, 0.5) is 14.5 Å². The zero-order chi connectivity index (χ0) is 26.9. The molecule has 0 spiro atoms. The first kappa shape index (κ1) is 26.9. The van der Waals surface area contributed by atoms with Gasteiger partial charge in [-0.15, -0.1) is 5.10 Å². The SMILES string of the molecule is CC(C#N)(NC(=O)c1cc(Br)cc(Cl)c1NC(=O)c1cc(OC(F)F)nn1-c1ccccc1Cl)C1CC1. The van der Waals surface area contributed by atoms with Crippen LogP contribution in [0.1, 0.15) is 40.6 Å². The second-order valence-electron chi connectivity index (χ2n) is 8.42. The number of aromatic nitrogens is 2. The number of ether oxygens (including phenoxy) is 1. The van der Waals surface area contributed by atoms with Crippen molar-refractivity contribution < 1.29 is 23.1 Å². The van der Waals surface area contributed by atoms with Crippen LogP contribution in [0.5, 0.6) is 5.88 Å². The van der Waals surface area contributed by atoms with Gasteiger partial charge in [-0.05, 0) is 49.9 Å². The van der Waals surface area contributed by atoms with E-state index in [9.17, 15) is 23.6 Å². The molecule has 1 fully saturated rings. The summed E-state index contributed by atoms with van der Waals surface area (Å²) < 4.78 is 31.6. The summed E-state index contributed by atoms with van der Waals surface area (Å²) in [7, 11) is 0. The third-order valence-electron chi connectivity index (χ3n) is 5.75. The number of nitrogens with zero attached hydrogens (tertiary/aromatic N) is 3. The summed E-state index contributed by atoms with van der Waals surface area (Å²) in [5, 5.41) is 19.1. The Morgan fingerprint density at radius 2 is 1.92 bits per heavy atom. The highest BCUT2D eigenvalue weighted by Gasteiger charge is 2.43. The highest BCUT2D eigenvalue weighted by atomic mass is 79.9. The summed E-state index contributed by atoms with van der Waals surface area (Å²) in [5.74, 6) is -1.97. The van der Waals surface area contributed by atoms with E-state index in [1.54, 1.807) is 19.1 Å². The molecule has 1 aliphatic rings. The number of nitrogens with one attached hydrogen (secondary N) is 2. The molecule has 4 rings (SSSR count). The Balaban J connectivity index is 1.72. The maximum absolute atomic E-state index is 13.4. The van der Waals surface area contributed by atoms with E-state index in [1.165, 1.54) is 24.3 Å². The Morgan fingerprint density at radius 3 is 2.54 bits per heavy atom. The number of carbonyl (C=O) groups excluding carboxylic acids is 2.